The summed E-state index contributed by atoms with van der Waals surface area (Å²) in [5.74, 6) is 0.695. The van der Waals surface area contributed by atoms with E-state index in [2.05, 4.69) is 25.8 Å². The van der Waals surface area contributed by atoms with Gasteiger partial charge in [-0.15, -0.1) is 11.3 Å². The molecule has 5 rings (SSSR count). The number of aromatic nitrogens is 2. The molecule has 3 heterocycles. The molecule has 2 aromatic heterocycles. The number of hydrogen-bond donors (Lipinski definition) is 4. The zero-order valence-corrected chi connectivity index (χ0v) is 23.0. The highest BCUT2D eigenvalue weighted by atomic mass is 32.1. The molecule has 1 aliphatic rings. The lowest BCUT2D eigenvalue weighted by atomic mass is 10.1. The Kier molecular flexibility index (Phi) is 8.35. The van der Waals surface area contributed by atoms with E-state index in [0.717, 1.165) is 30.9 Å². The molecule has 202 valence electrons. The zero-order valence-electron chi connectivity index (χ0n) is 21.4. The van der Waals surface area contributed by atoms with Crippen molar-refractivity contribution in [2.75, 3.05) is 49.7 Å². The van der Waals surface area contributed by atoms with Gasteiger partial charge in [0.2, 0.25) is 0 Å². The predicted molar refractivity (Wildman–Crippen MR) is 157 cm³/mol. The Morgan fingerprint density at radius 1 is 1.08 bits per heavy atom. The summed E-state index contributed by atoms with van der Waals surface area (Å²) in [4.78, 5) is 37.1. The number of nitrogen functional groups attached to an aromatic ring is 1. The number of thiazole rings is 2. The molecule has 5 N–H and O–H groups in total. The van der Waals surface area contributed by atoms with Crippen molar-refractivity contribution in [3.8, 4) is 26.9 Å². The predicted octanol–water partition coefficient (Wildman–Crippen LogP) is 4.99. The number of nitrogens with zero attached hydrogens (tertiary/aromatic N) is 3. The number of anilines is 3. The standard InChI is InChI=1S/C27H29N7O3S2/c1-37-20-9-5-7-18(15-20)24(35)30-19-8-4-6-17(14-19)21-16-38-25(31-21)22-23(28)32-27(39-22)33-26(36)29-10-13-34-11-2-3-12-34/h4-9,14-16H,2-3,10-13,28H2,1H3,(H,30,35)(H2,29,32,33,36). The van der Waals surface area contributed by atoms with E-state index < -0.39 is 0 Å². The second-order valence-corrected chi connectivity index (χ2v) is 10.8. The average molecular weight is 564 g/mol. The van der Waals surface area contributed by atoms with Crippen molar-refractivity contribution in [3.63, 3.8) is 0 Å². The summed E-state index contributed by atoms with van der Waals surface area (Å²) in [6.45, 7) is 3.60. The summed E-state index contributed by atoms with van der Waals surface area (Å²) in [6, 6.07) is 14.2. The molecule has 3 amide bonds. The zero-order chi connectivity index (χ0) is 27.2. The molecule has 2 aromatic carbocycles. The number of ether oxygens (including phenoxy) is 1. The lowest BCUT2D eigenvalue weighted by Crippen LogP contribution is -2.35. The van der Waals surface area contributed by atoms with Crippen molar-refractivity contribution in [3.05, 3.63) is 59.5 Å². The van der Waals surface area contributed by atoms with E-state index in [4.69, 9.17) is 15.5 Å². The van der Waals surface area contributed by atoms with Gasteiger partial charge in [-0.05, 0) is 56.3 Å². The van der Waals surface area contributed by atoms with Gasteiger partial charge in [-0.1, -0.05) is 29.5 Å². The summed E-state index contributed by atoms with van der Waals surface area (Å²) < 4.78 is 5.21. The molecular formula is C27H29N7O3S2. The molecule has 4 aromatic rings. The Bertz CT molecular complexity index is 1460. The summed E-state index contributed by atoms with van der Waals surface area (Å²) in [7, 11) is 1.56. The van der Waals surface area contributed by atoms with Gasteiger partial charge in [0.05, 0.1) is 12.8 Å². The highest BCUT2D eigenvalue weighted by Crippen LogP contribution is 2.38. The lowest BCUT2D eigenvalue weighted by Gasteiger charge is -2.14. The Hall–Kier alpha value is -4.00. The van der Waals surface area contributed by atoms with Crippen molar-refractivity contribution < 1.29 is 14.3 Å². The van der Waals surface area contributed by atoms with Gasteiger partial charge >= 0.3 is 6.03 Å². The molecule has 0 bridgehead atoms. The van der Waals surface area contributed by atoms with E-state index in [9.17, 15) is 9.59 Å². The van der Waals surface area contributed by atoms with Crippen LogP contribution in [0.2, 0.25) is 0 Å². The van der Waals surface area contributed by atoms with Crippen molar-refractivity contribution >= 4 is 51.2 Å². The molecule has 39 heavy (non-hydrogen) atoms. The largest absolute Gasteiger partial charge is 0.497 e. The number of methoxy groups -OCH3 is 1. The van der Waals surface area contributed by atoms with Crippen LogP contribution in [-0.4, -0.2) is 60.1 Å². The topological polar surface area (TPSA) is 134 Å². The highest BCUT2D eigenvalue weighted by molar-refractivity contribution is 7.23. The first-order valence-corrected chi connectivity index (χ1v) is 14.2. The molecule has 10 nitrogen and oxygen atoms in total. The van der Waals surface area contributed by atoms with Crippen molar-refractivity contribution in [1.82, 2.24) is 20.2 Å². The summed E-state index contributed by atoms with van der Waals surface area (Å²) in [5, 5.41) is 11.6. The van der Waals surface area contributed by atoms with Crippen molar-refractivity contribution in [2.45, 2.75) is 12.8 Å². The van der Waals surface area contributed by atoms with Crippen LogP contribution in [0.15, 0.2) is 53.9 Å². The maximum absolute atomic E-state index is 12.7. The molecule has 1 fully saturated rings. The number of nitrogens with two attached hydrogens (primary N) is 1. The lowest BCUT2D eigenvalue weighted by molar-refractivity contribution is 0.102. The second kappa shape index (κ2) is 12.2. The third-order valence-corrected chi connectivity index (χ3v) is 8.21. The van der Waals surface area contributed by atoms with Gasteiger partial charge in [0, 0.05) is 35.3 Å². The third kappa shape index (κ3) is 6.72. The Morgan fingerprint density at radius 2 is 1.90 bits per heavy atom. The first-order chi connectivity index (χ1) is 19.0. The molecule has 0 aliphatic carbocycles. The first-order valence-electron chi connectivity index (χ1n) is 12.5. The van der Waals surface area contributed by atoms with E-state index >= 15 is 0 Å². The van der Waals surface area contributed by atoms with Crippen LogP contribution in [0.1, 0.15) is 23.2 Å². The fraction of sp³-hybridized carbons (Fsp3) is 0.259. The van der Waals surface area contributed by atoms with Crippen LogP contribution < -0.4 is 26.4 Å². The molecule has 0 radical (unpaired) electrons. The first kappa shape index (κ1) is 26.6. The summed E-state index contributed by atoms with van der Waals surface area (Å²) >= 11 is 2.72. The number of hydrogen-bond acceptors (Lipinski definition) is 9. The van der Waals surface area contributed by atoms with E-state index in [1.807, 2.05) is 29.6 Å². The fourth-order valence-electron chi connectivity index (χ4n) is 4.25. The Morgan fingerprint density at radius 3 is 2.72 bits per heavy atom. The maximum Gasteiger partial charge on any atom is 0.321 e. The fourth-order valence-corrected chi connectivity index (χ4v) is 6.06. The van der Waals surface area contributed by atoms with Crippen LogP contribution in [0.4, 0.5) is 21.4 Å². The maximum atomic E-state index is 12.7. The summed E-state index contributed by atoms with van der Waals surface area (Å²) in [5.41, 5.74) is 8.91. The summed E-state index contributed by atoms with van der Waals surface area (Å²) in [6.07, 6.45) is 2.44. The molecule has 1 saturated heterocycles. The molecule has 12 heteroatoms. The van der Waals surface area contributed by atoms with Crippen LogP contribution >= 0.6 is 22.7 Å². The van der Waals surface area contributed by atoms with Crippen LogP contribution in [0.25, 0.3) is 21.1 Å². The number of carbonyl (C=O) groups excluding carboxylic acids is 2. The number of benzene rings is 2. The normalized spacial score (nSPS) is 13.3. The molecule has 0 saturated carbocycles. The van der Waals surface area contributed by atoms with E-state index in [-0.39, 0.29) is 11.9 Å². The molecular weight excluding hydrogens is 534 g/mol. The highest BCUT2D eigenvalue weighted by Gasteiger charge is 2.17. The van der Waals surface area contributed by atoms with Gasteiger partial charge in [0.1, 0.15) is 21.5 Å². The van der Waals surface area contributed by atoms with Crippen LogP contribution in [0.5, 0.6) is 5.75 Å². The average Bonchev–Trinajstić information content (AvgIpc) is 3.71. The minimum absolute atomic E-state index is 0.234. The molecule has 1 aliphatic heterocycles. The van der Waals surface area contributed by atoms with Crippen LogP contribution in [0, 0.1) is 0 Å². The number of amides is 3. The number of urea groups is 1. The van der Waals surface area contributed by atoms with Crippen molar-refractivity contribution in [1.29, 1.82) is 0 Å². The second-order valence-electron chi connectivity index (χ2n) is 8.97. The van der Waals surface area contributed by atoms with Crippen molar-refractivity contribution in [2.24, 2.45) is 0 Å². The van der Waals surface area contributed by atoms with Crippen LogP contribution in [-0.2, 0) is 0 Å². The smallest absolute Gasteiger partial charge is 0.321 e. The quantitative estimate of drug-likeness (QED) is 0.225. The van der Waals surface area contributed by atoms with Gasteiger partial charge in [0.15, 0.2) is 5.13 Å². The van der Waals surface area contributed by atoms with Gasteiger partial charge in [-0.25, -0.2) is 14.8 Å². The molecule has 0 unspecified atom stereocenters. The number of rotatable bonds is 9. The van der Waals surface area contributed by atoms with Gasteiger partial charge in [-0.3, -0.25) is 10.1 Å². The third-order valence-electron chi connectivity index (χ3n) is 6.23. The van der Waals surface area contributed by atoms with Gasteiger partial charge in [0.25, 0.3) is 5.91 Å². The van der Waals surface area contributed by atoms with E-state index in [0.29, 0.717) is 44.4 Å². The Balaban J connectivity index is 1.22. The molecule has 0 atom stereocenters. The van der Waals surface area contributed by atoms with Gasteiger partial charge in [-0.2, -0.15) is 0 Å². The minimum Gasteiger partial charge on any atom is -0.497 e. The molecule has 0 spiro atoms. The SMILES string of the molecule is COc1cccc(C(=O)Nc2cccc(-c3csc(-c4sc(NC(=O)NCCN5CCCC5)nc4N)n3)c2)c1. The van der Waals surface area contributed by atoms with Crippen LogP contribution in [0.3, 0.4) is 0 Å². The van der Waals surface area contributed by atoms with E-state index in [1.165, 1.54) is 35.5 Å². The monoisotopic (exact) mass is 563 g/mol. The van der Waals surface area contributed by atoms with Gasteiger partial charge < -0.3 is 26.0 Å². The number of likely N-dealkylation sites (tertiary alicyclic amines) is 1. The number of carbonyl (C=O) groups is 2. The Labute approximate surface area is 234 Å². The van der Waals surface area contributed by atoms with E-state index in [1.54, 1.807) is 31.4 Å². The number of nitrogens with one attached hydrogen (secondary N) is 3. The minimum atomic E-state index is -0.304.